The van der Waals surface area contributed by atoms with E-state index in [0.717, 1.165) is 19.2 Å². The van der Waals surface area contributed by atoms with Crippen LogP contribution in [-0.4, -0.2) is 23.0 Å². The van der Waals surface area contributed by atoms with Crippen LogP contribution in [0.2, 0.25) is 5.28 Å². The van der Waals surface area contributed by atoms with E-state index in [1.54, 1.807) is 0 Å². The Hall–Kier alpha value is -2.08. The summed E-state index contributed by atoms with van der Waals surface area (Å²) in [6.45, 7) is 0. The number of hydrogen-bond donors (Lipinski definition) is 0. The fourth-order valence-electron chi connectivity index (χ4n) is 1.51. The van der Waals surface area contributed by atoms with Gasteiger partial charge in [0.1, 0.15) is 17.2 Å². The van der Waals surface area contributed by atoms with Gasteiger partial charge in [0, 0.05) is 11.8 Å². The maximum Gasteiger partial charge on any atom is 0.343 e. The average molecular weight is 285 g/mol. The Bertz CT molecular complexity index is 626. The molecule has 0 aliphatic heterocycles. The van der Waals surface area contributed by atoms with E-state index in [1.165, 1.54) is 12.3 Å². The number of halogens is 3. The normalized spacial score (nSPS) is 10.3. The molecule has 1 aromatic carbocycles. The number of aromatic nitrogens is 2. The van der Waals surface area contributed by atoms with E-state index in [1.807, 2.05) is 0 Å². The molecule has 1 heterocycles. The van der Waals surface area contributed by atoms with Crippen LogP contribution in [-0.2, 0) is 4.74 Å². The number of ether oxygens (including phenoxy) is 1. The van der Waals surface area contributed by atoms with Crippen molar-refractivity contribution < 1.29 is 18.3 Å². The number of esters is 1. The highest BCUT2D eigenvalue weighted by Crippen LogP contribution is 2.24. The molecule has 0 spiro atoms. The first kappa shape index (κ1) is 13.4. The van der Waals surface area contributed by atoms with Gasteiger partial charge in [-0.15, -0.1) is 0 Å². The summed E-state index contributed by atoms with van der Waals surface area (Å²) >= 11 is 5.59. The third-order valence-electron chi connectivity index (χ3n) is 2.35. The van der Waals surface area contributed by atoms with E-state index >= 15 is 0 Å². The lowest BCUT2D eigenvalue weighted by Gasteiger charge is -2.06. The average Bonchev–Trinajstić information content (AvgIpc) is 2.37. The van der Waals surface area contributed by atoms with Gasteiger partial charge in [-0.3, -0.25) is 0 Å². The lowest BCUT2D eigenvalue weighted by atomic mass is 10.1. The topological polar surface area (TPSA) is 52.1 Å². The molecule has 0 atom stereocenters. The van der Waals surface area contributed by atoms with Crippen LogP contribution in [0.15, 0.2) is 24.4 Å². The van der Waals surface area contributed by atoms with Gasteiger partial charge in [0.2, 0.25) is 5.28 Å². The van der Waals surface area contributed by atoms with Gasteiger partial charge in [-0.05, 0) is 29.8 Å². The largest absolute Gasteiger partial charge is 0.465 e. The second-order valence-electron chi connectivity index (χ2n) is 3.52. The molecule has 0 N–H and O–H groups in total. The van der Waals surface area contributed by atoms with Gasteiger partial charge in [0.05, 0.1) is 12.8 Å². The van der Waals surface area contributed by atoms with Crippen molar-refractivity contribution in [3.05, 3.63) is 46.9 Å². The molecular formula is C12H7ClF2N2O2. The van der Waals surface area contributed by atoms with Crippen LogP contribution in [0.1, 0.15) is 10.4 Å². The minimum absolute atomic E-state index is 0.0460. The van der Waals surface area contributed by atoms with E-state index in [4.69, 9.17) is 11.6 Å². The van der Waals surface area contributed by atoms with Crippen molar-refractivity contribution in [1.82, 2.24) is 9.97 Å². The molecule has 98 valence electrons. The maximum atomic E-state index is 13.7. The summed E-state index contributed by atoms with van der Waals surface area (Å²) in [7, 11) is 1.04. The smallest absolute Gasteiger partial charge is 0.343 e. The Morgan fingerprint density at radius 3 is 2.47 bits per heavy atom. The highest BCUT2D eigenvalue weighted by molar-refractivity contribution is 6.28. The van der Waals surface area contributed by atoms with E-state index in [-0.39, 0.29) is 16.5 Å². The summed E-state index contributed by atoms with van der Waals surface area (Å²) in [5, 5.41) is -0.0460. The van der Waals surface area contributed by atoms with Crippen molar-refractivity contribution >= 4 is 17.6 Å². The van der Waals surface area contributed by atoms with Crippen LogP contribution in [0.25, 0.3) is 11.3 Å². The molecule has 19 heavy (non-hydrogen) atoms. The quantitative estimate of drug-likeness (QED) is 0.628. The van der Waals surface area contributed by atoms with E-state index < -0.39 is 23.2 Å². The fourth-order valence-corrected chi connectivity index (χ4v) is 1.66. The van der Waals surface area contributed by atoms with Crippen molar-refractivity contribution in [3.63, 3.8) is 0 Å². The molecular weight excluding hydrogens is 278 g/mol. The predicted molar refractivity (Wildman–Crippen MR) is 63.7 cm³/mol. The Morgan fingerprint density at radius 1 is 1.32 bits per heavy atom. The highest BCUT2D eigenvalue weighted by Gasteiger charge is 2.20. The predicted octanol–water partition coefficient (Wildman–Crippen LogP) is 2.86. The molecule has 0 bridgehead atoms. The van der Waals surface area contributed by atoms with Gasteiger partial charge >= 0.3 is 5.97 Å². The van der Waals surface area contributed by atoms with Crippen molar-refractivity contribution in [1.29, 1.82) is 0 Å². The molecule has 0 unspecified atom stereocenters. The number of benzene rings is 1. The number of carbonyl (C=O) groups is 1. The van der Waals surface area contributed by atoms with E-state index in [9.17, 15) is 13.6 Å². The van der Waals surface area contributed by atoms with Gasteiger partial charge in [-0.1, -0.05) is 0 Å². The molecule has 2 aromatic rings. The molecule has 0 radical (unpaired) electrons. The number of carbonyl (C=O) groups excluding carboxylic acids is 1. The lowest BCUT2D eigenvalue weighted by Crippen LogP contribution is -2.08. The first-order chi connectivity index (χ1) is 9.02. The van der Waals surface area contributed by atoms with Gasteiger partial charge in [0.25, 0.3) is 0 Å². The zero-order chi connectivity index (χ0) is 14.0. The van der Waals surface area contributed by atoms with Crippen LogP contribution in [0, 0.1) is 11.6 Å². The summed E-state index contributed by atoms with van der Waals surface area (Å²) in [5.41, 5.74) is -0.354. The van der Waals surface area contributed by atoms with Crippen LogP contribution in [0.5, 0.6) is 0 Å². The molecule has 7 heteroatoms. The summed E-state index contributed by atoms with van der Waals surface area (Å²) in [5.74, 6) is -3.14. The van der Waals surface area contributed by atoms with Gasteiger partial charge < -0.3 is 4.74 Å². The number of rotatable bonds is 2. The van der Waals surface area contributed by atoms with Gasteiger partial charge in [-0.2, -0.15) is 0 Å². The molecule has 1 aromatic heterocycles. The Labute approximate surface area is 112 Å². The van der Waals surface area contributed by atoms with Crippen molar-refractivity contribution in [3.8, 4) is 11.3 Å². The van der Waals surface area contributed by atoms with Crippen LogP contribution in [0.3, 0.4) is 0 Å². The molecule has 4 nitrogen and oxygen atoms in total. The second kappa shape index (κ2) is 5.27. The maximum absolute atomic E-state index is 13.7. The molecule has 0 fully saturated rings. The summed E-state index contributed by atoms with van der Waals surface area (Å²) < 4.78 is 31.7. The van der Waals surface area contributed by atoms with Crippen LogP contribution >= 0.6 is 11.6 Å². The first-order valence-electron chi connectivity index (χ1n) is 5.09. The molecule has 0 saturated carbocycles. The molecule has 0 saturated heterocycles. The minimum atomic E-state index is -1.08. The SMILES string of the molecule is COC(=O)c1c(F)cc(-c2ccnc(Cl)n2)cc1F. The third-order valence-corrected chi connectivity index (χ3v) is 2.54. The molecule has 2 rings (SSSR count). The lowest BCUT2D eigenvalue weighted by molar-refractivity contribution is 0.0590. The molecule has 0 aliphatic rings. The van der Waals surface area contributed by atoms with Gasteiger partial charge in [0.15, 0.2) is 0 Å². The Morgan fingerprint density at radius 2 is 1.95 bits per heavy atom. The van der Waals surface area contributed by atoms with Crippen molar-refractivity contribution in [2.75, 3.05) is 7.11 Å². The van der Waals surface area contributed by atoms with Crippen molar-refractivity contribution in [2.24, 2.45) is 0 Å². The Balaban J connectivity index is 2.54. The zero-order valence-corrected chi connectivity index (χ0v) is 10.4. The standard InChI is InChI=1S/C12H7ClF2N2O2/c1-19-11(18)10-7(14)4-6(5-8(10)15)9-2-3-16-12(13)17-9/h2-5H,1H3. The number of hydrogen-bond acceptors (Lipinski definition) is 4. The van der Waals surface area contributed by atoms with E-state index in [2.05, 4.69) is 14.7 Å². The molecule has 0 aliphatic carbocycles. The Kier molecular flexibility index (Phi) is 3.71. The highest BCUT2D eigenvalue weighted by atomic mass is 35.5. The van der Waals surface area contributed by atoms with Crippen LogP contribution < -0.4 is 0 Å². The van der Waals surface area contributed by atoms with E-state index in [0.29, 0.717) is 0 Å². The van der Waals surface area contributed by atoms with Crippen molar-refractivity contribution in [2.45, 2.75) is 0 Å². The zero-order valence-electron chi connectivity index (χ0n) is 9.65. The summed E-state index contributed by atoms with van der Waals surface area (Å²) in [6, 6.07) is 3.40. The minimum Gasteiger partial charge on any atom is -0.465 e. The number of methoxy groups -OCH3 is 1. The first-order valence-corrected chi connectivity index (χ1v) is 5.47. The third kappa shape index (κ3) is 2.68. The summed E-state index contributed by atoms with van der Waals surface area (Å²) in [4.78, 5) is 18.7. The van der Waals surface area contributed by atoms with Gasteiger partial charge in [-0.25, -0.2) is 23.5 Å². The second-order valence-corrected chi connectivity index (χ2v) is 3.86. The van der Waals surface area contributed by atoms with Crippen LogP contribution in [0.4, 0.5) is 8.78 Å². The molecule has 0 amide bonds. The fraction of sp³-hybridized carbons (Fsp3) is 0.0833. The monoisotopic (exact) mass is 284 g/mol. The summed E-state index contributed by atoms with van der Waals surface area (Å²) in [6.07, 6.45) is 1.36. The number of nitrogens with zero attached hydrogens (tertiary/aromatic N) is 2.